The Morgan fingerprint density at radius 1 is 1.21 bits per heavy atom. The quantitative estimate of drug-likeness (QED) is 0.369. The molecule has 1 unspecified atom stereocenters. The van der Waals surface area contributed by atoms with Crippen molar-refractivity contribution < 1.29 is 0 Å². The number of hydrogen-bond donors (Lipinski definition) is 2. The number of nitrogens with zero attached hydrogens (tertiary/aromatic N) is 3. The average molecular weight is 451 g/mol. The van der Waals surface area contributed by atoms with Gasteiger partial charge in [-0.1, -0.05) is 20.3 Å². The summed E-state index contributed by atoms with van der Waals surface area (Å²) in [7, 11) is 6.31. The zero-order valence-corrected chi connectivity index (χ0v) is 18.6. The van der Waals surface area contributed by atoms with Crippen LogP contribution in [-0.4, -0.2) is 75.7 Å². The topological polar surface area (TPSA) is 42.9 Å². The molecule has 0 bridgehead atoms. The van der Waals surface area contributed by atoms with Crippen molar-refractivity contribution in [3.05, 3.63) is 0 Å². The Balaban J connectivity index is 0.00000288. The van der Waals surface area contributed by atoms with Crippen molar-refractivity contribution in [3.8, 4) is 0 Å². The van der Waals surface area contributed by atoms with E-state index in [1.54, 1.807) is 0 Å². The van der Waals surface area contributed by atoms with Crippen molar-refractivity contribution in [1.29, 1.82) is 0 Å². The molecule has 2 aliphatic rings. The van der Waals surface area contributed by atoms with Crippen molar-refractivity contribution in [2.75, 3.05) is 53.9 Å². The lowest BCUT2D eigenvalue weighted by atomic mass is 9.64. The minimum absolute atomic E-state index is 0. The second kappa shape index (κ2) is 10.2. The molecule has 0 radical (unpaired) electrons. The molecule has 0 aromatic rings. The lowest BCUT2D eigenvalue weighted by molar-refractivity contribution is 0.104. The van der Waals surface area contributed by atoms with E-state index < -0.39 is 0 Å². The van der Waals surface area contributed by atoms with E-state index in [-0.39, 0.29) is 24.0 Å². The molecule has 1 aliphatic heterocycles. The number of halogens is 1. The molecule has 0 spiro atoms. The molecule has 1 saturated heterocycles. The fourth-order valence-corrected chi connectivity index (χ4v) is 4.02. The van der Waals surface area contributed by atoms with Crippen LogP contribution in [0.3, 0.4) is 0 Å². The zero-order valence-electron chi connectivity index (χ0n) is 16.3. The monoisotopic (exact) mass is 451 g/mol. The predicted octanol–water partition coefficient (Wildman–Crippen LogP) is 2.23. The zero-order chi connectivity index (χ0) is 16.9. The number of aliphatic imine (C=N–C) groups is 1. The number of rotatable bonds is 6. The van der Waals surface area contributed by atoms with E-state index in [1.165, 1.54) is 25.7 Å². The van der Waals surface area contributed by atoms with Crippen molar-refractivity contribution >= 4 is 29.9 Å². The lowest BCUT2D eigenvalue weighted by Gasteiger charge is -2.44. The highest BCUT2D eigenvalue weighted by molar-refractivity contribution is 14.0. The summed E-state index contributed by atoms with van der Waals surface area (Å²) in [5.41, 5.74) is 0.508. The SMILES string of the molecule is CN=C(NCC1CN(C)CCN1C)NCC1(CC(C)C)CCC1.I. The number of nitrogens with one attached hydrogen (secondary N) is 2. The molecule has 1 aliphatic carbocycles. The van der Waals surface area contributed by atoms with Crippen molar-refractivity contribution in [1.82, 2.24) is 20.4 Å². The van der Waals surface area contributed by atoms with Crippen LogP contribution in [0.5, 0.6) is 0 Å². The fourth-order valence-electron chi connectivity index (χ4n) is 4.02. The van der Waals surface area contributed by atoms with Crippen molar-refractivity contribution in [3.63, 3.8) is 0 Å². The largest absolute Gasteiger partial charge is 0.356 e. The summed E-state index contributed by atoms with van der Waals surface area (Å²) in [6.45, 7) is 10.1. The van der Waals surface area contributed by atoms with Gasteiger partial charge in [0.05, 0.1) is 0 Å². The first-order chi connectivity index (χ1) is 10.9. The lowest BCUT2D eigenvalue weighted by Crippen LogP contribution is -2.56. The molecule has 2 rings (SSSR count). The molecule has 5 nitrogen and oxygen atoms in total. The third kappa shape index (κ3) is 6.33. The second-order valence-corrected chi connectivity index (χ2v) is 8.15. The van der Waals surface area contributed by atoms with Crippen LogP contribution in [0.1, 0.15) is 39.5 Å². The van der Waals surface area contributed by atoms with Crippen LogP contribution >= 0.6 is 24.0 Å². The predicted molar refractivity (Wildman–Crippen MR) is 114 cm³/mol. The molecular weight excluding hydrogens is 413 g/mol. The van der Waals surface area contributed by atoms with E-state index in [9.17, 15) is 0 Å². The van der Waals surface area contributed by atoms with Crippen LogP contribution in [0.4, 0.5) is 0 Å². The maximum absolute atomic E-state index is 4.42. The van der Waals surface area contributed by atoms with E-state index in [4.69, 9.17) is 0 Å². The highest BCUT2D eigenvalue weighted by Gasteiger charge is 2.37. The number of hydrogen-bond acceptors (Lipinski definition) is 3. The van der Waals surface area contributed by atoms with Crippen LogP contribution < -0.4 is 10.6 Å². The third-order valence-corrected chi connectivity index (χ3v) is 5.60. The van der Waals surface area contributed by atoms with Crippen LogP contribution in [-0.2, 0) is 0 Å². The van der Waals surface area contributed by atoms with Crippen LogP contribution in [0.15, 0.2) is 4.99 Å². The molecule has 1 atom stereocenters. The summed E-state index contributed by atoms with van der Waals surface area (Å²) in [6.07, 6.45) is 5.45. The minimum atomic E-state index is 0. The first-order valence-electron chi connectivity index (χ1n) is 9.27. The van der Waals surface area contributed by atoms with Gasteiger partial charge in [-0.15, -0.1) is 24.0 Å². The van der Waals surface area contributed by atoms with E-state index >= 15 is 0 Å². The second-order valence-electron chi connectivity index (χ2n) is 8.15. The van der Waals surface area contributed by atoms with Gasteiger partial charge in [-0.2, -0.15) is 0 Å². The van der Waals surface area contributed by atoms with Gasteiger partial charge in [0.15, 0.2) is 5.96 Å². The van der Waals surface area contributed by atoms with E-state index in [0.717, 1.165) is 44.6 Å². The third-order valence-electron chi connectivity index (χ3n) is 5.60. The number of guanidine groups is 1. The van der Waals surface area contributed by atoms with Crippen LogP contribution in [0, 0.1) is 11.3 Å². The normalized spacial score (nSPS) is 25.1. The molecule has 0 aromatic carbocycles. The Bertz CT molecular complexity index is 395. The van der Waals surface area contributed by atoms with E-state index in [2.05, 4.69) is 53.4 Å². The van der Waals surface area contributed by atoms with E-state index in [0.29, 0.717) is 11.5 Å². The van der Waals surface area contributed by atoms with Gasteiger partial charge in [0, 0.05) is 45.8 Å². The van der Waals surface area contributed by atoms with Gasteiger partial charge in [0.2, 0.25) is 0 Å². The number of piperazine rings is 1. The fraction of sp³-hybridized carbons (Fsp3) is 0.944. The molecule has 2 N–H and O–H groups in total. The van der Waals surface area contributed by atoms with Crippen LogP contribution in [0.2, 0.25) is 0 Å². The number of likely N-dealkylation sites (N-methyl/N-ethyl adjacent to an activating group) is 2. The Morgan fingerprint density at radius 2 is 1.92 bits per heavy atom. The summed E-state index contributed by atoms with van der Waals surface area (Å²) in [4.78, 5) is 9.28. The maximum atomic E-state index is 4.42. The van der Waals surface area contributed by atoms with E-state index in [1.807, 2.05) is 7.05 Å². The molecule has 0 amide bonds. The smallest absolute Gasteiger partial charge is 0.191 e. The molecule has 1 heterocycles. The van der Waals surface area contributed by atoms with Gasteiger partial charge in [-0.3, -0.25) is 9.89 Å². The maximum Gasteiger partial charge on any atom is 0.191 e. The minimum Gasteiger partial charge on any atom is -0.356 e. The van der Waals surface area contributed by atoms with Gasteiger partial charge >= 0.3 is 0 Å². The summed E-state index contributed by atoms with van der Waals surface area (Å²) in [5, 5.41) is 7.12. The molecule has 6 heteroatoms. The molecule has 2 fully saturated rings. The summed E-state index contributed by atoms with van der Waals surface area (Å²) >= 11 is 0. The van der Waals surface area contributed by atoms with Crippen LogP contribution in [0.25, 0.3) is 0 Å². The summed E-state index contributed by atoms with van der Waals surface area (Å²) in [5.74, 6) is 1.74. The Labute approximate surface area is 166 Å². The van der Waals surface area contributed by atoms with Gasteiger partial charge < -0.3 is 15.5 Å². The molecular formula is C18H38IN5. The first kappa shape index (κ1) is 22.0. The first-order valence-corrected chi connectivity index (χ1v) is 9.27. The summed E-state index contributed by atoms with van der Waals surface area (Å²) < 4.78 is 0. The Morgan fingerprint density at radius 3 is 2.46 bits per heavy atom. The van der Waals surface area contributed by atoms with Gasteiger partial charge in [-0.25, -0.2) is 0 Å². The Hall–Kier alpha value is -0.0800. The molecule has 1 saturated carbocycles. The average Bonchev–Trinajstić information content (AvgIpc) is 2.47. The molecule has 0 aromatic heterocycles. The summed E-state index contributed by atoms with van der Waals surface area (Å²) in [6, 6.07) is 0.556. The highest BCUT2D eigenvalue weighted by Crippen LogP contribution is 2.45. The molecule has 142 valence electrons. The van der Waals surface area contributed by atoms with Gasteiger partial charge in [-0.05, 0) is 44.7 Å². The highest BCUT2D eigenvalue weighted by atomic mass is 127. The standard InChI is InChI=1S/C18H37N5.HI/c1-15(2)11-18(7-6-8-18)14-21-17(19-3)20-12-16-13-22(4)9-10-23(16)5;/h15-16H,6-14H2,1-5H3,(H2,19,20,21);1H. The van der Waals surface area contributed by atoms with Gasteiger partial charge in [0.25, 0.3) is 0 Å². The van der Waals surface area contributed by atoms with Crippen molar-refractivity contribution in [2.24, 2.45) is 16.3 Å². The molecule has 24 heavy (non-hydrogen) atoms. The Kier molecular flexibility index (Phi) is 9.30. The van der Waals surface area contributed by atoms with Gasteiger partial charge in [0.1, 0.15) is 0 Å². The van der Waals surface area contributed by atoms with Crippen molar-refractivity contribution in [2.45, 2.75) is 45.6 Å².